The summed E-state index contributed by atoms with van der Waals surface area (Å²) in [6, 6.07) is 4.19. The van der Waals surface area contributed by atoms with Crippen LogP contribution >= 0.6 is 0 Å². The van der Waals surface area contributed by atoms with E-state index in [2.05, 4.69) is 5.32 Å². The third kappa shape index (κ3) is 3.20. The molecule has 0 radical (unpaired) electrons. The van der Waals surface area contributed by atoms with Crippen LogP contribution in [0.1, 0.15) is 25.7 Å². The predicted octanol–water partition coefficient (Wildman–Crippen LogP) is 3.10. The number of para-hydroxylation sites is 1. The van der Waals surface area contributed by atoms with Crippen molar-refractivity contribution in [2.75, 3.05) is 12.4 Å². The summed E-state index contributed by atoms with van der Waals surface area (Å²) in [5, 5.41) is 14.0. The van der Waals surface area contributed by atoms with Crippen LogP contribution < -0.4 is 5.32 Å². The molecule has 0 bridgehead atoms. The molecule has 2 atom stereocenters. The van der Waals surface area contributed by atoms with Gasteiger partial charge in [0.15, 0.2) is 0 Å². The third-order valence-corrected chi connectivity index (χ3v) is 3.49. The zero-order valence-electron chi connectivity index (χ0n) is 10.8. The van der Waals surface area contributed by atoms with E-state index in [9.17, 15) is 14.5 Å². The highest BCUT2D eigenvalue weighted by molar-refractivity contribution is 5.62. The Morgan fingerprint density at radius 3 is 2.95 bits per heavy atom. The number of nitro groups is 1. The van der Waals surface area contributed by atoms with Gasteiger partial charge in [0, 0.05) is 13.2 Å². The molecular weight excluding hydrogens is 251 g/mol. The number of halogens is 1. The van der Waals surface area contributed by atoms with Crippen LogP contribution in [-0.2, 0) is 4.74 Å². The first-order valence-electron chi connectivity index (χ1n) is 6.34. The highest BCUT2D eigenvalue weighted by Crippen LogP contribution is 2.30. The first-order chi connectivity index (χ1) is 9.11. The van der Waals surface area contributed by atoms with E-state index < -0.39 is 16.4 Å². The molecule has 0 spiro atoms. The van der Waals surface area contributed by atoms with Crippen LogP contribution in [0.3, 0.4) is 0 Å². The number of ether oxygens (including phenoxy) is 1. The zero-order chi connectivity index (χ0) is 13.8. The van der Waals surface area contributed by atoms with E-state index in [-0.39, 0.29) is 17.8 Å². The number of nitrogens with zero attached hydrogens (tertiary/aromatic N) is 1. The Kier molecular flexibility index (Phi) is 4.31. The molecule has 1 aromatic carbocycles. The zero-order valence-corrected chi connectivity index (χ0v) is 10.8. The fourth-order valence-corrected chi connectivity index (χ4v) is 2.53. The van der Waals surface area contributed by atoms with Crippen molar-refractivity contribution in [3.63, 3.8) is 0 Å². The smallest absolute Gasteiger partial charge is 0.327 e. The van der Waals surface area contributed by atoms with Gasteiger partial charge in [-0.25, -0.2) is 0 Å². The summed E-state index contributed by atoms with van der Waals surface area (Å²) in [6.45, 7) is 0. The van der Waals surface area contributed by atoms with Gasteiger partial charge < -0.3 is 10.1 Å². The van der Waals surface area contributed by atoms with Crippen LogP contribution in [0.4, 0.5) is 15.8 Å². The fraction of sp³-hybridized carbons (Fsp3) is 0.538. The van der Waals surface area contributed by atoms with Gasteiger partial charge in [-0.15, -0.1) is 0 Å². The molecule has 0 aliphatic heterocycles. The van der Waals surface area contributed by atoms with Crippen molar-refractivity contribution in [3.8, 4) is 0 Å². The van der Waals surface area contributed by atoms with Crippen molar-refractivity contribution >= 4 is 11.4 Å². The topological polar surface area (TPSA) is 64.4 Å². The van der Waals surface area contributed by atoms with E-state index in [0.717, 1.165) is 31.7 Å². The Bertz CT molecular complexity index is 467. The summed E-state index contributed by atoms with van der Waals surface area (Å²) < 4.78 is 18.8. The van der Waals surface area contributed by atoms with Crippen LogP contribution in [0.2, 0.25) is 0 Å². The average Bonchev–Trinajstić information content (AvgIpc) is 2.38. The first kappa shape index (κ1) is 13.7. The van der Waals surface area contributed by atoms with Gasteiger partial charge in [0.05, 0.1) is 11.0 Å². The van der Waals surface area contributed by atoms with Crippen molar-refractivity contribution in [2.24, 2.45) is 0 Å². The number of benzene rings is 1. The maximum atomic E-state index is 13.5. The second-order valence-electron chi connectivity index (χ2n) is 4.76. The maximum absolute atomic E-state index is 13.5. The lowest BCUT2D eigenvalue weighted by Crippen LogP contribution is -2.31. The number of anilines is 1. The molecule has 1 N–H and O–H groups in total. The number of hydrogen-bond donors (Lipinski definition) is 1. The molecule has 1 aliphatic carbocycles. The van der Waals surface area contributed by atoms with Crippen molar-refractivity contribution in [3.05, 3.63) is 34.1 Å². The normalized spacial score (nSPS) is 23.1. The van der Waals surface area contributed by atoms with Gasteiger partial charge in [0.1, 0.15) is 5.69 Å². The van der Waals surface area contributed by atoms with E-state index in [1.165, 1.54) is 12.1 Å². The first-order valence-corrected chi connectivity index (χ1v) is 6.34. The summed E-state index contributed by atoms with van der Waals surface area (Å²) in [4.78, 5) is 10.2. The number of nitrogens with one attached hydrogen (secondary N) is 1. The van der Waals surface area contributed by atoms with Gasteiger partial charge in [-0.1, -0.05) is 6.07 Å². The van der Waals surface area contributed by atoms with Crippen molar-refractivity contribution in [1.29, 1.82) is 0 Å². The van der Waals surface area contributed by atoms with Crippen LogP contribution in [-0.4, -0.2) is 24.2 Å². The minimum atomic E-state index is -0.811. The lowest BCUT2D eigenvalue weighted by atomic mass is 9.92. The quantitative estimate of drug-likeness (QED) is 0.673. The van der Waals surface area contributed by atoms with Crippen LogP contribution in [0, 0.1) is 15.9 Å². The van der Waals surface area contributed by atoms with Gasteiger partial charge in [-0.3, -0.25) is 10.1 Å². The van der Waals surface area contributed by atoms with Gasteiger partial charge >= 0.3 is 5.69 Å². The Hall–Kier alpha value is -1.69. The van der Waals surface area contributed by atoms with Gasteiger partial charge in [-0.2, -0.15) is 4.39 Å². The van der Waals surface area contributed by atoms with Crippen LogP contribution in [0.5, 0.6) is 0 Å². The van der Waals surface area contributed by atoms with E-state index in [0.29, 0.717) is 0 Å². The molecule has 1 saturated carbocycles. The van der Waals surface area contributed by atoms with Crippen LogP contribution in [0.25, 0.3) is 0 Å². The molecule has 104 valence electrons. The van der Waals surface area contributed by atoms with Crippen molar-refractivity contribution in [2.45, 2.75) is 37.8 Å². The van der Waals surface area contributed by atoms with Gasteiger partial charge in [0.2, 0.25) is 5.82 Å². The molecule has 19 heavy (non-hydrogen) atoms. The average molecular weight is 268 g/mol. The molecule has 2 unspecified atom stereocenters. The molecular formula is C13H17FN2O3. The van der Waals surface area contributed by atoms with Crippen molar-refractivity contribution < 1.29 is 14.1 Å². The lowest BCUT2D eigenvalue weighted by Gasteiger charge is -2.29. The Balaban J connectivity index is 2.14. The Labute approximate surface area is 110 Å². The Morgan fingerprint density at radius 1 is 1.47 bits per heavy atom. The third-order valence-electron chi connectivity index (χ3n) is 3.49. The number of rotatable bonds is 4. The molecule has 1 aromatic rings. The summed E-state index contributed by atoms with van der Waals surface area (Å²) >= 11 is 0. The highest BCUT2D eigenvalue weighted by atomic mass is 19.1. The fourth-order valence-electron chi connectivity index (χ4n) is 2.53. The number of nitro benzene ring substituents is 1. The van der Waals surface area contributed by atoms with Gasteiger partial charge in [-0.05, 0) is 37.8 Å². The standard InChI is InChI=1S/C13H17FN2O3/c1-19-10-5-2-4-9(8-10)15-12-7-3-6-11(14)13(12)16(17)18/h3,6-7,9-10,15H,2,4-5,8H2,1H3. The Morgan fingerprint density at radius 2 is 2.26 bits per heavy atom. The molecule has 0 aromatic heterocycles. The monoisotopic (exact) mass is 268 g/mol. The van der Waals surface area contributed by atoms with E-state index >= 15 is 0 Å². The van der Waals surface area contributed by atoms with Gasteiger partial charge in [0.25, 0.3) is 0 Å². The van der Waals surface area contributed by atoms with E-state index in [1.54, 1.807) is 7.11 Å². The summed E-state index contributed by atoms with van der Waals surface area (Å²) in [5.74, 6) is -0.811. The number of hydrogen-bond acceptors (Lipinski definition) is 4. The molecule has 1 aliphatic rings. The molecule has 0 amide bonds. The van der Waals surface area contributed by atoms with Crippen LogP contribution in [0.15, 0.2) is 18.2 Å². The minimum Gasteiger partial charge on any atom is -0.381 e. The predicted molar refractivity (Wildman–Crippen MR) is 69.7 cm³/mol. The lowest BCUT2D eigenvalue weighted by molar-refractivity contribution is -0.386. The van der Waals surface area contributed by atoms with E-state index in [1.807, 2.05) is 0 Å². The van der Waals surface area contributed by atoms with E-state index in [4.69, 9.17) is 4.74 Å². The molecule has 0 saturated heterocycles. The SMILES string of the molecule is COC1CCCC(Nc2cccc(F)c2[N+](=O)[O-])C1. The van der Waals surface area contributed by atoms with Crippen molar-refractivity contribution in [1.82, 2.24) is 0 Å². The molecule has 6 heteroatoms. The maximum Gasteiger partial charge on any atom is 0.327 e. The molecule has 0 heterocycles. The molecule has 1 fully saturated rings. The second-order valence-corrected chi connectivity index (χ2v) is 4.76. The molecule has 2 rings (SSSR count). The summed E-state index contributed by atoms with van der Waals surface area (Å²) in [6.07, 6.45) is 3.86. The number of methoxy groups -OCH3 is 1. The minimum absolute atomic E-state index is 0.0826. The second kappa shape index (κ2) is 5.97. The highest BCUT2D eigenvalue weighted by Gasteiger charge is 2.25. The summed E-state index contributed by atoms with van der Waals surface area (Å²) in [7, 11) is 1.66. The summed E-state index contributed by atoms with van der Waals surface area (Å²) in [5.41, 5.74) is -0.242. The molecule has 5 nitrogen and oxygen atoms in total. The largest absolute Gasteiger partial charge is 0.381 e.